The number of ether oxygens (including phenoxy) is 1. The van der Waals surface area contributed by atoms with Crippen LogP contribution in [-0.2, 0) is 4.74 Å². The molecule has 1 aromatic carbocycles. The van der Waals surface area contributed by atoms with Crippen LogP contribution in [0.2, 0.25) is 10.0 Å². The number of amides is 1. The number of halogens is 2. The second kappa shape index (κ2) is 10.5. The van der Waals surface area contributed by atoms with Crippen LogP contribution < -0.4 is 21.6 Å². The highest BCUT2D eigenvalue weighted by molar-refractivity contribution is 6.39. The van der Waals surface area contributed by atoms with E-state index in [9.17, 15) is 14.9 Å². The first-order valence-electron chi connectivity index (χ1n) is 11.8. The Kier molecular flexibility index (Phi) is 7.53. The number of nitrogens with one attached hydrogen (secondary N) is 1. The second-order valence-corrected chi connectivity index (χ2v) is 10.5. The maximum absolute atomic E-state index is 13.9. The van der Waals surface area contributed by atoms with Crippen molar-refractivity contribution in [2.75, 3.05) is 42.2 Å². The van der Waals surface area contributed by atoms with Gasteiger partial charge in [-0.3, -0.25) is 4.79 Å². The highest BCUT2D eigenvalue weighted by Gasteiger charge is 2.30. The molecule has 1 amide bonds. The Balaban J connectivity index is 1.75. The van der Waals surface area contributed by atoms with Gasteiger partial charge in [0.1, 0.15) is 35.2 Å². The predicted molar refractivity (Wildman–Crippen MR) is 145 cm³/mol. The minimum atomic E-state index is -0.632. The molecule has 4 rings (SSSR count). The smallest absolute Gasteiger partial charge is 0.410 e. The van der Waals surface area contributed by atoms with Crippen molar-refractivity contribution >= 4 is 51.8 Å². The quantitative estimate of drug-likeness (QED) is 0.486. The molecule has 12 nitrogen and oxygen atoms in total. The highest BCUT2D eigenvalue weighted by atomic mass is 35.5. The van der Waals surface area contributed by atoms with Gasteiger partial charge in [0.15, 0.2) is 5.82 Å². The Morgan fingerprint density at radius 2 is 1.84 bits per heavy atom. The number of rotatable bonds is 4. The summed E-state index contributed by atoms with van der Waals surface area (Å²) in [6.45, 7) is 8.48. The van der Waals surface area contributed by atoms with Gasteiger partial charge < -0.3 is 25.7 Å². The van der Waals surface area contributed by atoms with E-state index in [-0.39, 0.29) is 38.1 Å². The lowest BCUT2D eigenvalue weighted by Crippen LogP contribution is -2.57. The molecule has 1 aliphatic heterocycles. The van der Waals surface area contributed by atoms with E-state index in [1.807, 2.05) is 6.07 Å². The van der Waals surface area contributed by atoms with E-state index >= 15 is 0 Å². The molecule has 38 heavy (non-hydrogen) atoms. The Hall–Kier alpha value is -3.82. The number of nitriles is 1. The molecule has 0 spiro atoms. The fourth-order valence-corrected chi connectivity index (χ4v) is 4.51. The van der Waals surface area contributed by atoms with Crippen molar-refractivity contribution in [3.63, 3.8) is 0 Å². The van der Waals surface area contributed by atoms with Gasteiger partial charge in [-0.05, 0) is 39.8 Å². The molecule has 0 aliphatic carbocycles. The average Bonchev–Trinajstić information content (AvgIpc) is 2.85. The number of anilines is 2. The number of carbonyl (C=O) groups is 1. The highest BCUT2D eigenvalue weighted by Crippen LogP contribution is 2.29. The van der Waals surface area contributed by atoms with Crippen LogP contribution in [0.4, 0.5) is 16.4 Å². The van der Waals surface area contributed by atoms with Gasteiger partial charge >= 0.3 is 6.09 Å². The van der Waals surface area contributed by atoms with Gasteiger partial charge in [-0.1, -0.05) is 23.2 Å². The molecule has 1 fully saturated rings. The number of nitrogens with two attached hydrogens (primary N) is 1. The Morgan fingerprint density at radius 1 is 1.18 bits per heavy atom. The van der Waals surface area contributed by atoms with E-state index in [0.717, 1.165) is 0 Å². The fraction of sp³-hybridized carbons (Fsp3) is 0.417. The van der Waals surface area contributed by atoms with Crippen molar-refractivity contribution < 1.29 is 9.53 Å². The standard InChI is InChI=1S/C24H27Cl2N9O3/c1-13(31-20-14(11-27)19(28)29-12-30-20)21-32-18-16(26)6-5-15(25)17(18)22(36)35(21)34-9-7-33(8-10-34)23(37)38-24(2,3)4/h5-6,12-13H,7-10H2,1-4H3,(H3,28,29,30,31). The monoisotopic (exact) mass is 559 g/mol. The van der Waals surface area contributed by atoms with E-state index < -0.39 is 23.3 Å². The average molecular weight is 560 g/mol. The molecule has 3 aromatic rings. The molecule has 0 saturated carbocycles. The first-order valence-corrected chi connectivity index (χ1v) is 12.6. The van der Waals surface area contributed by atoms with Crippen LogP contribution in [0.25, 0.3) is 10.9 Å². The zero-order valence-corrected chi connectivity index (χ0v) is 22.8. The third-order valence-electron chi connectivity index (χ3n) is 5.85. The lowest BCUT2D eigenvalue weighted by atomic mass is 10.2. The summed E-state index contributed by atoms with van der Waals surface area (Å²) in [5.41, 5.74) is 5.12. The minimum absolute atomic E-state index is 0.0224. The number of nitrogens with zero attached hydrogens (tertiary/aromatic N) is 7. The molecule has 1 unspecified atom stereocenters. The minimum Gasteiger partial charge on any atom is -0.444 e. The van der Waals surface area contributed by atoms with E-state index in [1.165, 1.54) is 11.0 Å². The number of benzene rings is 1. The maximum atomic E-state index is 13.9. The number of hydrogen-bond acceptors (Lipinski definition) is 10. The number of fused-ring (bicyclic) bond motifs is 1. The molecule has 1 saturated heterocycles. The first-order chi connectivity index (χ1) is 17.9. The van der Waals surface area contributed by atoms with Gasteiger partial charge in [0.2, 0.25) is 0 Å². The van der Waals surface area contributed by atoms with Crippen molar-refractivity contribution in [1.29, 1.82) is 5.26 Å². The summed E-state index contributed by atoms with van der Waals surface area (Å²) in [5.74, 6) is 0.521. The van der Waals surface area contributed by atoms with Crippen molar-refractivity contribution in [2.24, 2.45) is 0 Å². The number of aromatic nitrogens is 4. The van der Waals surface area contributed by atoms with Crippen molar-refractivity contribution in [3.8, 4) is 6.07 Å². The Morgan fingerprint density at radius 3 is 2.47 bits per heavy atom. The van der Waals surface area contributed by atoms with Gasteiger partial charge in [-0.15, -0.1) is 0 Å². The largest absolute Gasteiger partial charge is 0.444 e. The molecule has 2 aromatic heterocycles. The summed E-state index contributed by atoms with van der Waals surface area (Å²) >= 11 is 12.8. The van der Waals surface area contributed by atoms with Gasteiger partial charge in [-0.2, -0.15) is 5.26 Å². The molecule has 200 valence electrons. The summed E-state index contributed by atoms with van der Waals surface area (Å²) in [4.78, 5) is 40.7. The third kappa shape index (κ3) is 5.39. The van der Waals surface area contributed by atoms with Crippen LogP contribution in [0.3, 0.4) is 0 Å². The summed E-state index contributed by atoms with van der Waals surface area (Å²) < 4.78 is 6.92. The van der Waals surface area contributed by atoms with Crippen molar-refractivity contribution in [1.82, 2.24) is 24.5 Å². The lowest BCUT2D eigenvalue weighted by Gasteiger charge is -2.38. The van der Waals surface area contributed by atoms with E-state index in [4.69, 9.17) is 38.7 Å². The number of hydrogen-bond donors (Lipinski definition) is 2. The molecule has 1 atom stereocenters. The van der Waals surface area contributed by atoms with Crippen LogP contribution in [-0.4, -0.2) is 62.4 Å². The van der Waals surface area contributed by atoms with E-state index in [1.54, 1.807) is 49.7 Å². The van der Waals surface area contributed by atoms with Gasteiger partial charge in [-0.25, -0.2) is 24.4 Å². The van der Waals surface area contributed by atoms with Gasteiger partial charge in [0.05, 0.1) is 40.1 Å². The molecule has 0 bridgehead atoms. The van der Waals surface area contributed by atoms with Crippen LogP contribution >= 0.6 is 23.2 Å². The van der Waals surface area contributed by atoms with Crippen molar-refractivity contribution in [3.05, 3.63) is 50.2 Å². The number of nitrogen functional groups attached to an aromatic ring is 1. The number of piperazine rings is 1. The maximum Gasteiger partial charge on any atom is 0.410 e. The lowest BCUT2D eigenvalue weighted by molar-refractivity contribution is 0.0231. The topological polar surface area (TPSA) is 155 Å². The second-order valence-electron chi connectivity index (χ2n) is 9.72. The summed E-state index contributed by atoms with van der Waals surface area (Å²) in [7, 11) is 0. The van der Waals surface area contributed by atoms with E-state index in [0.29, 0.717) is 32.0 Å². The fourth-order valence-electron chi connectivity index (χ4n) is 4.07. The molecule has 3 N–H and O–H groups in total. The summed E-state index contributed by atoms with van der Waals surface area (Å²) in [6.07, 6.45) is 0.815. The molecular weight excluding hydrogens is 533 g/mol. The first kappa shape index (κ1) is 27.2. The van der Waals surface area contributed by atoms with Crippen LogP contribution in [0.15, 0.2) is 23.3 Å². The summed E-state index contributed by atoms with van der Waals surface area (Å²) in [5, 5.41) is 15.1. The number of carbonyl (C=O) groups excluding carboxylic acids is 1. The Labute approximate surface area is 228 Å². The normalized spacial score (nSPS) is 14.8. The predicted octanol–water partition coefficient (Wildman–Crippen LogP) is 3.31. The molecule has 14 heteroatoms. The van der Waals surface area contributed by atoms with E-state index in [2.05, 4.69) is 15.3 Å². The van der Waals surface area contributed by atoms with Crippen LogP contribution in [0.5, 0.6) is 0 Å². The molecule has 1 aliphatic rings. The zero-order chi connectivity index (χ0) is 27.8. The zero-order valence-electron chi connectivity index (χ0n) is 21.3. The van der Waals surface area contributed by atoms with Crippen LogP contribution in [0, 0.1) is 11.3 Å². The van der Waals surface area contributed by atoms with Gasteiger partial charge in [0, 0.05) is 13.1 Å². The molecular formula is C24H27Cl2N9O3. The molecule has 0 radical (unpaired) electrons. The summed E-state index contributed by atoms with van der Waals surface area (Å²) in [6, 6.07) is 4.47. The third-order valence-corrected chi connectivity index (χ3v) is 6.47. The molecule has 3 heterocycles. The SMILES string of the molecule is CC(Nc1ncnc(N)c1C#N)c1nc2c(Cl)ccc(Cl)c2c(=O)n1N1CCN(C(=O)OC(C)(C)C)CC1. The van der Waals surface area contributed by atoms with Crippen LogP contribution in [0.1, 0.15) is 45.1 Å². The van der Waals surface area contributed by atoms with Gasteiger partial charge in [0.25, 0.3) is 5.56 Å². The Bertz CT molecular complexity index is 1490. The van der Waals surface area contributed by atoms with Crippen molar-refractivity contribution in [2.45, 2.75) is 39.3 Å².